The SMILES string of the molecule is CCC(CC)O[SiH](OC)OC. The lowest BCUT2D eigenvalue weighted by Crippen LogP contribution is -2.29. The minimum absolute atomic E-state index is 0.298. The average molecular weight is 178 g/mol. The van der Waals surface area contributed by atoms with Crippen LogP contribution in [0.4, 0.5) is 0 Å². The Balaban J connectivity index is 3.58. The summed E-state index contributed by atoms with van der Waals surface area (Å²) in [6, 6.07) is 0. The van der Waals surface area contributed by atoms with E-state index < -0.39 is 9.53 Å². The first-order chi connectivity index (χ1) is 5.28. The largest absolute Gasteiger partial charge is 0.483 e. The zero-order chi connectivity index (χ0) is 8.69. The van der Waals surface area contributed by atoms with Gasteiger partial charge in [-0.2, -0.15) is 0 Å². The minimum atomic E-state index is -1.79. The van der Waals surface area contributed by atoms with Crippen molar-refractivity contribution in [2.24, 2.45) is 0 Å². The highest BCUT2D eigenvalue weighted by Crippen LogP contribution is 2.04. The summed E-state index contributed by atoms with van der Waals surface area (Å²) < 4.78 is 15.6. The molecule has 0 aliphatic heterocycles. The smallest absolute Gasteiger partial charge is 0.379 e. The molecule has 3 nitrogen and oxygen atoms in total. The molecule has 0 aromatic heterocycles. The van der Waals surface area contributed by atoms with Crippen molar-refractivity contribution < 1.29 is 13.3 Å². The van der Waals surface area contributed by atoms with E-state index in [4.69, 9.17) is 13.3 Å². The van der Waals surface area contributed by atoms with Gasteiger partial charge in [0.25, 0.3) is 0 Å². The fourth-order valence-corrected chi connectivity index (χ4v) is 1.96. The Morgan fingerprint density at radius 2 is 1.55 bits per heavy atom. The normalized spacial score (nSPS) is 11.5. The van der Waals surface area contributed by atoms with Crippen molar-refractivity contribution in [1.29, 1.82) is 0 Å². The van der Waals surface area contributed by atoms with E-state index in [0.29, 0.717) is 6.10 Å². The van der Waals surface area contributed by atoms with Gasteiger partial charge in [-0.05, 0) is 12.8 Å². The molecule has 0 aromatic rings. The third-order valence-corrected chi connectivity index (χ3v) is 2.98. The monoisotopic (exact) mass is 178 g/mol. The Morgan fingerprint density at radius 3 is 1.82 bits per heavy atom. The van der Waals surface area contributed by atoms with Crippen LogP contribution in [0, 0.1) is 0 Å². The summed E-state index contributed by atoms with van der Waals surface area (Å²) in [6.07, 6.45) is 2.34. The first-order valence-corrected chi connectivity index (χ1v) is 5.40. The molecule has 0 saturated carbocycles. The lowest BCUT2D eigenvalue weighted by molar-refractivity contribution is 0.0819. The summed E-state index contributed by atoms with van der Waals surface area (Å²) in [6.45, 7) is 4.20. The summed E-state index contributed by atoms with van der Waals surface area (Å²) in [7, 11) is 1.47. The van der Waals surface area contributed by atoms with Crippen LogP contribution in [-0.4, -0.2) is 29.9 Å². The van der Waals surface area contributed by atoms with Gasteiger partial charge in [0.05, 0.1) is 0 Å². The zero-order valence-corrected chi connectivity index (χ0v) is 8.95. The Labute approximate surface area is 70.6 Å². The predicted octanol–water partition coefficient (Wildman–Crippen LogP) is 1.20. The van der Waals surface area contributed by atoms with E-state index >= 15 is 0 Å². The van der Waals surface area contributed by atoms with Crippen LogP contribution in [0.2, 0.25) is 0 Å². The topological polar surface area (TPSA) is 27.7 Å². The molecular weight excluding hydrogens is 160 g/mol. The Kier molecular flexibility index (Phi) is 6.85. The van der Waals surface area contributed by atoms with Gasteiger partial charge >= 0.3 is 9.53 Å². The molecule has 4 heteroatoms. The van der Waals surface area contributed by atoms with E-state index in [-0.39, 0.29) is 0 Å². The van der Waals surface area contributed by atoms with E-state index in [2.05, 4.69) is 13.8 Å². The summed E-state index contributed by atoms with van der Waals surface area (Å²) >= 11 is 0. The lowest BCUT2D eigenvalue weighted by Gasteiger charge is -2.18. The quantitative estimate of drug-likeness (QED) is 0.572. The van der Waals surface area contributed by atoms with Crippen molar-refractivity contribution in [3.8, 4) is 0 Å². The fraction of sp³-hybridized carbons (Fsp3) is 1.00. The molecule has 0 heterocycles. The van der Waals surface area contributed by atoms with Crippen LogP contribution in [-0.2, 0) is 13.3 Å². The highest BCUT2D eigenvalue weighted by molar-refractivity contribution is 6.36. The second-order valence-corrected chi connectivity index (χ2v) is 4.13. The lowest BCUT2D eigenvalue weighted by atomic mass is 10.2. The molecule has 0 aliphatic carbocycles. The maximum absolute atomic E-state index is 5.54. The standard InChI is InChI=1S/C7H18O3Si/c1-5-7(6-2)10-11(8-3)9-4/h7,11H,5-6H2,1-4H3. The molecule has 0 fully saturated rings. The van der Waals surface area contributed by atoms with Gasteiger partial charge in [0, 0.05) is 20.3 Å². The van der Waals surface area contributed by atoms with Gasteiger partial charge in [-0.25, -0.2) is 0 Å². The molecule has 0 saturated heterocycles. The zero-order valence-electron chi connectivity index (χ0n) is 7.79. The maximum atomic E-state index is 5.54. The van der Waals surface area contributed by atoms with Crippen molar-refractivity contribution in [2.75, 3.05) is 14.2 Å². The Hall–Kier alpha value is 0.0969. The van der Waals surface area contributed by atoms with Crippen LogP contribution >= 0.6 is 0 Å². The van der Waals surface area contributed by atoms with Gasteiger partial charge in [-0.3, -0.25) is 0 Å². The molecule has 0 N–H and O–H groups in total. The van der Waals surface area contributed by atoms with Crippen LogP contribution in [0.25, 0.3) is 0 Å². The summed E-state index contributed by atoms with van der Waals surface area (Å²) in [4.78, 5) is 0. The second-order valence-electron chi connectivity index (χ2n) is 2.33. The van der Waals surface area contributed by atoms with E-state index in [1.54, 1.807) is 14.2 Å². The van der Waals surface area contributed by atoms with Gasteiger partial charge in [-0.1, -0.05) is 13.8 Å². The summed E-state index contributed by atoms with van der Waals surface area (Å²) in [5.41, 5.74) is 0. The van der Waals surface area contributed by atoms with Gasteiger partial charge in [-0.15, -0.1) is 0 Å². The summed E-state index contributed by atoms with van der Waals surface area (Å²) in [5.74, 6) is 0. The fourth-order valence-electron chi connectivity index (χ4n) is 0.846. The molecule has 0 spiro atoms. The minimum Gasteiger partial charge on any atom is -0.379 e. The first-order valence-electron chi connectivity index (χ1n) is 3.99. The van der Waals surface area contributed by atoms with Crippen molar-refractivity contribution in [1.82, 2.24) is 0 Å². The highest BCUT2D eigenvalue weighted by Gasteiger charge is 2.15. The molecule has 0 rings (SSSR count). The van der Waals surface area contributed by atoms with Gasteiger partial charge in [0.15, 0.2) is 0 Å². The Morgan fingerprint density at radius 1 is 1.09 bits per heavy atom. The molecule has 0 atom stereocenters. The predicted molar refractivity (Wildman–Crippen MR) is 46.6 cm³/mol. The van der Waals surface area contributed by atoms with Crippen molar-refractivity contribution >= 4 is 9.53 Å². The van der Waals surface area contributed by atoms with E-state index in [1.165, 1.54) is 0 Å². The van der Waals surface area contributed by atoms with Gasteiger partial charge in [0.2, 0.25) is 0 Å². The highest BCUT2D eigenvalue weighted by atomic mass is 28.3. The van der Waals surface area contributed by atoms with Crippen LogP contribution in [0.3, 0.4) is 0 Å². The third-order valence-electron chi connectivity index (χ3n) is 1.60. The molecule has 0 radical (unpaired) electrons. The van der Waals surface area contributed by atoms with Crippen LogP contribution in [0.5, 0.6) is 0 Å². The summed E-state index contributed by atoms with van der Waals surface area (Å²) in [5, 5.41) is 0. The van der Waals surface area contributed by atoms with Gasteiger partial charge < -0.3 is 13.3 Å². The molecular formula is C7H18O3Si. The molecule has 0 aromatic carbocycles. The molecule has 0 bridgehead atoms. The second kappa shape index (κ2) is 6.79. The first kappa shape index (κ1) is 11.1. The average Bonchev–Trinajstić information content (AvgIpc) is 2.07. The van der Waals surface area contributed by atoms with Crippen molar-refractivity contribution in [2.45, 2.75) is 32.8 Å². The van der Waals surface area contributed by atoms with Crippen LogP contribution in [0.15, 0.2) is 0 Å². The van der Waals surface area contributed by atoms with E-state index in [9.17, 15) is 0 Å². The van der Waals surface area contributed by atoms with Gasteiger partial charge in [0.1, 0.15) is 0 Å². The molecule has 0 unspecified atom stereocenters. The number of hydrogen-bond acceptors (Lipinski definition) is 3. The van der Waals surface area contributed by atoms with Crippen molar-refractivity contribution in [3.63, 3.8) is 0 Å². The van der Waals surface area contributed by atoms with E-state index in [1.807, 2.05) is 0 Å². The third kappa shape index (κ3) is 4.52. The van der Waals surface area contributed by atoms with Crippen LogP contribution < -0.4 is 0 Å². The molecule has 0 amide bonds. The number of hydrogen-bond donors (Lipinski definition) is 0. The molecule has 0 aliphatic rings. The molecule has 11 heavy (non-hydrogen) atoms. The molecule has 68 valence electrons. The number of rotatable bonds is 6. The Bertz CT molecular complexity index is 71.8. The maximum Gasteiger partial charge on any atom is 0.483 e. The van der Waals surface area contributed by atoms with E-state index in [0.717, 1.165) is 12.8 Å². The van der Waals surface area contributed by atoms with Crippen LogP contribution in [0.1, 0.15) is 26.7 Å². The van der Waals surface area contributed by atoms with Crippen molar-refractivity contribution in [3.05, 3.63) is 0 Å².